The SMILES string of the molecule is C=N/C=C(\C=C(/C)C#N)c1cc(NC)cnc1C. The third kappa shape index (κ3) is 3.29. The van der Waals surface area contributed by atoms with Gasteiger partial charge in [0.2, 0.25) is 0 Å². The van der Waals surface area contributed by atoms with E-state index in [1.54, 1.807) is 25.4 Å². The van der Waals surface area contributed by atoms with Crippen LogP contribution >= 0.6 is 0 Å². The fraction of sp³-hybridized carbons (Fsp3) is 0.214. The first kappa shape index (κ1) is 13.7. The Balaban J connectivity index is 3.35. The zero-order valence-corrected chi connectivity index (χ0v) is 10.9. The van der Waals surface area contributed by atoms with Crippen molar-refractivity contribution in [1.29, 1.82) is 5.26 Å². The average Bonchev–Trinajstić information content (AvgIpc) is 2.38. The Morgan fingerprint density at radius 1 is 1.61 bits per heavy atom. The molecule has 0 saturated carbocycles. The van der Waals surface area contributed by atoms with Crippen molar-refractivity contribution in [2.24, 2.45) is 4.99 Å². The van der Waals surface area contributed by atoms with Gasteiger partial charge in [-0.2, -0.15) is 5.26 Å². The zero-order chi connectivity index (χ0) is 13.5. The first-order valence-corrected chi connectivity index (χ1v) is 5.51. The van der Waals surface area contributed by atoms with Gasteiger partial charge in [0.1, 0.15) is 0 Å². The number of nitrogens with zero attached hydrogens (tertiary/aromatic N) is 3. The number of aromatic nitrogens is 1. The normalized spacial score (nSPS) is 11.9. The zero-order valence-electron chi connectivity index (χ0n) is 10.9. The molecule has 92 valence electrons. The topological polar surface area (TPSA) is 61.1 Å². The third-order valence-electron chi connectivity index (χ3n) is 2.47. The Kier molecular flexibility index (Phi) is 4.82. The van der Waals surface area contributed by atoms with Crippen molar-refractivity contribution < 1.29 is 0 Å². The number of hydrogen-bond acceptors (Lipinski definition) is 4. The van der Waals surface area contributed by atoms with Crippen molar-refractivity contribution in [3.05, 3.63) is 41.4 Å². The Hall–Kier alpha value is -2.41. The van der Waals surface area contributed by atoms with Gasteiger partial charge in [-0.05, 0) is 32.7 Å². The van der Waals surface area contributed by atoms with Crippen LogP contribution in [-0.2, 0) is 0 Å². The van der Waals surface area contributed by atoms with Crippen LogP contribution in [0.1, 0.15) is 18.2 Å². The molecule has 18 heavy (non-hydrogen) atoms. The molecule has 0 unspecified atom stereocenters. The van der Waals surface area contributed by atoms with Crippen LogP contribution in [0.15, 0.2) is 35.1 Å². The van der Waals surface area contributed by atoms with Gasteiger partial charge >= 0.3 is 0 Å². The van der Waals surface area contributed by atoms with Gasteiger partial charge < -0.3 is 5.32 Å². The van der Waals surface area contributed by atoms with Gasteiger partial charge in [-0.15, -0.1) is 0 Å². The van der Waals surface area contributed by atoms with E-state index in [1.165, 1.54) is 0 Å². The van der Waals surface area contributed by atoms with Gasteiger partial charge in [0.15, 0.2) is 0 Å². The van der Waals surface area contributed by atoms with Gasteiger partial charge in [0.25, 0.3) is 0 Å². The highest BCUT2D eigenvalue weighted by atomic mass is 14.8. The summed E-state index contributed by atoms with van der Waals surface area (Å²) >= 11 is 0. The molecule has 0 bridgehead atoms. The lowest BCUT2D eigenvalue weighted by Crippen LogP contribution is -1.96. The largest absolute Gasteiger partial charge is 0.387 e. The highest BCUT2D eigenvalue weighted by molar-refractivity contribution is 5.78. The van der Waals surface area contributed by atoms with Gasteiger partial charge in [-0.1, -0.05) is 0 Å². The maximum Gasteiger partial charge on any atom is 0.0944 e. The second-order valence-corrected chi connectivity index (χ2v) is 3.81. The molecule has 1 aromatic rings. The molecule has 0 aliphatic heterocycles. The number of hydrogen-bond donors (Lipinski definition) is 1. The van der Waals surface area contributed by atoms with Crippen molar-refractivity contribution in [1.82, 2.24) is 4.98 Å². The number of allylic oxidation sites excluding steroid dienone is 3. The number of aryl methyl sites for hydroxylation is 1. The van der Waals surface area contributed by atoms with E-state index in [0.29, 0.717) is 5.57 Å². The number of anilines is 1. The fourth-order valence-corrected chi connectivity index (χ4v) is 1.51. The molecule has 1 N–H and O–H groups in total. The van der Waals surface area contributed by atoms with Crippen molar-refractivity contribution in [3.63, 3.8) is 0 Å². The highest BCUT2D eigenvalue weighted by Crippen LogP contribution is 2.23. The predicted molar refractivity (Wildman–Crippen MR) is 75.4 cm³/mol. The molecule has 0 amide bonds. The standard InChI is InChI=1S/C14H16N4/c1-10(7-15)5-12(8-16-3)14-6-13(17-4)9-18-11(14)2/h5-6,8-9,17H,3H2,1-2,4H3/b10-5+,12-8+. The lowest BCUT2D eigenvalue weighted by atomic mass is 10.0. The van der Waals surface area contributed by atoms with Crippen LogP contribution in [0.4, 0.5) is 5.69 Å². The van der Waals surface area contributed by atoms with E-state index in [4.69, 9.17) is 5.26 Å². The molecule has 4 heteroatoms. The van der Waals surface area contributed by atoms with E-state index in [9.17, 15) is 0 Å². The van der Waals surface area contributed by atoms with E-state index in [1.807, 2.05) is 20.0 Å². The summed E-state index contributed by atoms with van der Waals surface area (Å²) in [6.45, 7) is 7.13. The summed E-state index contributed by atoms with van der Waals surface area (Å²) in [5.41, 5.74) is 4.16. The first-order chi connectivity index (χ1) is 8.62. The van der Waals surface area contributed by atoms with Gasteiger partial charge in [0.05, 0.1) is 18.0 Å². The summed E-state index contributed by atoms with van der Waals surface area (Å²) in [6, 6.07) is 4.07. The minimum Gasteiger partial charge on any atom is -0.387 e. The van der Waals surface area contributed by atoms with Crippen molar-refractivity contribution in [2.75, 3.05) is 12.4 Å². The molecule has 0 aliphatic rings. The summed E-state index contributed by atoms with van der Waals surface area (Å²) in [4.78, 5) is 8.09. The van der Waals surface area contributed by atoms with E-state index in [2.05, 4.69) is 28.1 Å². The quantitative estimate of drug-likeness (QED) is 0.500. The summed E-state index contributed by atoms with van der Waals surface area (Å²) < 4.78 is 0. The Bertz CT molecular complexity index is 547. The lowest BCUT2D eigenvalue weighted by molar-refractivity contribution is 1.18. The summed E-state index contributed by atoms with van der Waals surface area (Å²) in [5.74, 6) is 0. The van der Waals surface area contributed by atoms with Crippen LogP contribution in [0, 0.1) is 18.3 Å². The Labute approximate surface area is 107 Å². The minimum absolute atomic E-state index is 0.610. The summed E-state index contributed by atoms with van der Waals surface area (Å²) in [5, 5.41) is 11.9. The van der Waals surface area contributed by atoms with Crippen molar-refractivity contribution >= 4 is 18.0 Å². The van der Waals surface area contributed by atoms with Gasteiger partial charge in [-0.3, -0.25) is 9.98 Å². The van der Waals surface area contributed by atoms with E-state index >= 15 is 0 Å². The maximum atomic E-state index is 8.85. The van der Waals surface area contributed by atoms with E-state index in [-0.39, 0.29) is 0 Å². The summed E-state index contributed by atoms with van der Waals surface area (Å²) in [7, 11) is 1.83. The highest BCUT2D eigenvalue weighted by Gasteiger charge is 2.06. The van der Waals surface area contributed by atoms with Crippen molar-refractivity contribution in [2.45, 2.75) is 13.8 Å². The van der Waals surface area contributed by atoms with Crippen LogP contribution in [0.5, 0.6) is 0 Å². The molecule has 1 rings (SSSR count). The molecule has 1 aromatic heterocycles. The Morgan fingerprint density at radius 3 is 2.89 bits per heavy atom. The number of rotatable bonds is 4. The molecule has 1 heterocycles. The maximum absolute atomic E-state index is 8.85. The number of nitrogens with one attached hydrogen (secondary N) is 1. The molecule has 0 radical (unpaired) electrons. The summed E-state index contributed by atoms with van der Waals surface area (Å²) in [6.07, 6.45) is 5.17. The molecule has 4 nitrogen and oxygen atoms in total. The molecule has 0 fully saturated rings. The third-order valence-corrected chi connectivity index (χ3v) is 2.47. The number of pyridine rings is 1. The lowest BCUT2D eigenvalue weighted by Gasteiger charge is -2.08. The minimum atomic E-state index is 0.610. The molecule has 0 spiro atoms. The fourth-order valence-electron chi connectivity index (χ4n) is 1.51. The van der Waals surface area contributed by atoms with Crippen molar-refractivity contribution in [3.8, 4) is 6.07 Å². The second-order valence-electron chi connectivity index (χ2n) is 3.81. The molecular formula is C14H16N4. The first-order valence-electron chi connectivity index (χ1n) is 5.51. The van der Waals surface area contributed by atoms with E-state index < -0.39 is 0 Å². The molecule has 0 saturated heterocycles. The smallest absolute Gasteiger partial charge is 0.0944 e. The predicted octanol–water partition coefficient (Wildman–Crippen LogP) is 2.94. The second kappa shape index (κ2) is 6.36. The molecule has 0 aliphatic carbocycles. The van der Waals surface area contributed by atoms with Crippen LogP contribution < -0.4 is 5.32 Å². The van der Waals surface area contributed by atoms with Gasteiger partial charge in [-0.25, -0.2) is 0 Å². The molecule has 0 aromatic carbocycles. The monoisotopic (exact) mass is 240 g/mol. The number of aliphatic imine (C=N–C) groups is 1. The van der Waals surface area contributed by atoms with Gasteiger partial charge in [0, 0.05) is 35.7 Å². The van der Waals surface area contributed by atoms with E-state index in [0.717, 1.165) is 22.5 Å². The van der Waals surface area contributed by atoms with Crippen LogP contribution in [0.2, 0.25) is 0 Å². The average molecular weight is 240 g/mol. The molecular weight excluding hydrogens is 224 g/mol. The Morgan fingerprint density at radius 2 is 2.33 bits per heavy atom. The molecule has 0 atom stereocenters. The van der Waals surface area contributed by atoms with Crippen LogP contribution in [0.3, 0.4) is 0 Å². The van der Waals surface area contributed by atoms with Crippen LogP contribution in [-0.4, -0.2) is 18.7 Å². The van der Waals surface area contributed by atoms with Crippen LogP contribution in [0.25, 0.3) is 5.57 Å². The number of nitriles is 1.